The van der Waals surface area contributed by atoms with Gasteiger partial charge in [-0.2, -0.15) is 5.10 Å². The number of ether oxygens (including phenoxy) is 1. The smallest absolute Gasteiger partial charge is 0.0850 e. The van der Waals surface area contributed by atoms with E-state index in [1.54, 1.807) is 7.11 Å². The summed E-state index contributed by atoms with van der Waals surface area (Å²) in [6, 6.07) is 0.280. The number of rotatable bonds is 7. The van der Waals surface area contributed by atoms with E-state index in [1.165, 1.54) is 0 Å². The molecule has 0 saturated heterocycles. The van der Waals surface area contributed by atoms with Crippen molar-refractivity contribution in [3.63, 3.8) is 0 Å². The first-order valence-electron chi connectivity index (χ1n) is 6.06. The van der Waals surface area contributed by atoms with E-state index in [0.717, 1.165) is 35.8 Å². The Bertz CT molecular complexity index is 346. The van der Waals surface area contributed by atoms with E-state index in [1.807, 2.05) is 11.7 Å². The molecule has 0 fully saturated rings. The van der Waals surface area contributed by atoms with E-state index in [0.29, 0.717) is 6.61 Å². The van der Waals surface area contributed by atoms with Gasteiger partial charge in [-0.15, -0.1) is 0 Å². The SMILES string of the molecule is CCNC(COC)Cc1c(Cl)c(CC)nn1C. The zero-order chi connectivity index (χ0) is 12.8. The van der Waals surface area contributed by atoms with E-state index in [9.17, 15) is 0 Å². The highest BCUT2D eigenvalue weighted by molar-refractivity contribution is 6.31. The van der Waals surface area contributed by atoms with Crippen LogP contribution < -0.4 is 5.32 Å². The van der Waals surface area contributed by atoms with Crippen LogP contribution in [0.15, 0.2) is 0 Å². The normalized spacial score (nSPS) is 13.0. The molecule has 4 nitrogen and oxygen atoms in total. The zero-order valence-corrected chi connectivity index (χ0v) is 11.8. The number of hydrogen-bond donors (Lipinski definition) is 1. The predicted octanol–water partition coefficient (Wildman–Crippen LogP) is 1.80. The quantitative estimate of drug-likeness (QED) is 0.812. The van der Waals surface area contributed by atoms with Gasteiger partial charge in [0.25, 0.3) is 0 Å². The molecule has 1 atom stereocenters. The Balaban J connectivity index is 2.80. The van der Waals surface area contributed by atoms with Gasteiger partial charge in [-0.25, -0.2) is 0 Å². The fraction of sp³-hybridized carbons (Fsp3) is 0.750. The van der Waals surface area contributed by atoms with Gasteiger partial charge in [-0.1, -0.05) is 25.4 Å². The topological polar surface area (TPSA) is 39.1 Å². The molecule has 1 rings (SSSR count). The average Bonchev–Trinajstić information content (AvgIpc) is 2.57. The lowest BCUT2D eigenvalue weighted by Crippen LogP contribution is -2.35. The minimum absolute atomic E-state index is 0.280. The van der Waals surface area contributed by atoms with Gasteiger partial charge in [0.15, 0.2) is 0 Å². The molecule has 1 aromatic heterocycles. The monoisotopic (exact) mass is 259 g/mol. The minimum atomic E-state index is 0.280. The van der Waals surface area contributed by atoms with Crippen LogP contribution in [-0.2, 0) is 24.6 Å². The summed E-state index contributed by atoms with van der Waals surface area (Å²) in [6.07, 6.45) is 1.70. The van der Waals surface area contributed by atoms with Crippen molar-refractivity contribution in [2.75, 3.05) is 20.3 Å². The number of nitrogens with one attached hydrogen (secondary N) is 1. The van der Waals surface area contributed by atoms with Gasteiger partial charge >= 0.3 is 0 Å². The average molecular weight is 260 g/mol. The van der Waals surface area contributed by atoms with E-state index >= 15 is 0 Å². The van der Waals surface area contributed by atoms with Crippen LogP contribution in [0.2, 0.25) is 5.02 Å². The maximum atomic E-state index is 6.32. The second kappa shape index (κ2) is 6.99. The first-order valence-corrected chi connectivity index (χ1v) is 6.44. The summed E-state index contributed by atoms with van der Waals surface area (Å²) in [5, 5.41) is 8.61. The summed E-state index contributed by atoms with van der Waals surface area (Å²) in [6.45, 7) is 5.75. The number of methoxy groups -OCH3 is 1. The Hall–Kier alpha value is -0.580. The second-order valence-electron chi connectivity index (χ2n) is 4.10. The Labute approximate surface area is 108 Å². The summed E-state index contributed by atoms with van der Waals surface area (Å²) in [5.74, 6) is 0. The number of hydrogen-bond acceptors (Lipinski definition) is 3. The van der Waals surface area contributed by atoms with Gasteiger partial charge in [0.2, 0.25) is 0 Å². The van der Waals surface area contributed by atoms with Crippen molar-refractivity contribution in [2.24, 2.45) is 7.05 Å². The summed E-state index contributed by atoms with van der Waals surface area (Å²) in [7, 11) is 3.66. The van der Waals surface area contributed by atoms with Gasteiger partial charge < -0.3 is 10.1 Å². The zero-order valence-electron chi connectivity index (χ0n) is 11.1. The molecule has 1 unspecified atom stereocenters. The first kappa shape index (κ1) is 14.5. The Morgan fingerprint density at radius 1 is 1.47 bits per heavy atom. The second-order valence-corrected chi connectivity index (χ2v) is 4.48. The molecule has 0 spiro atoms. The summed E-state index contributed by atoms with van der Waals surface area (Å²) >= 11 is 6.32. The molecule has 1 N–H and O–H groups in total. The molecule has 0 amide bonds. The minimum Gasteiger partial charge on any atom is -0.383 e. The van der Waals surface area contributed by atoms with Gasteiger partial charge in [0.1, 0.15) is 0 Å². The molecule has 0 saturated carbocycles. The molecule has 0 aromatic carbocycles. The Morgan fingerprint density at radius 2 is 2.18 bits per heavy atom. The summed E-state index contributed by atoms with van der Waals surface area (Å²) < 4.78 is 7.08. The molecule has 0 aliphatic heterocycles. The van der Waals surface area contributed by atoms with E-state index < -0.39 is 0 Å². The maximum Gasteiger partial charge on any atom is 0.0850 e. The Kier molecular flexibility index (Phi) is 5.95. The van der Waals surface area contributed by atoms with Crippen LogP contribution in [0.25, 0.3) is 0 Å². The van der Waals surface area contributed by atoms with Gasteiger partial charge in [-0.05, 0) is 13.0 Å². The van der Waals surface area contributed by atoms with Crippen molar-refractivity contribution in [3.8, 4) is 0 Å². The Morgan fingerprint density at radius 3 is 2.65 bits per heavy atom. The number of likely N-dealkylation sites (N-methyl/N-ethyl adjacent to an activating group) is 1. The molecular weight excluding hydrogens is 238 g/mol. The summed E-state index contributed by atoms with van der Waals surface area (Å²) in [4.78, 5) is 0. The van der Waals surface area contributed by atoms with Gasteiger partial charge in [0, 0.05) is 26.6 Å². The first-order chi connectivity index (χ1) is 8.13. The van der Waals surface area contributed by atoms with Crippen LogP contribution >= 0.6 is 11.6 Å². The highest BCUT2D eigenvalue weighted by atomic mass is 35.5. The van der Waals surface area contributed by atoms with Crippen LogP contribution in [0, 0.1) is 0 Å². The van der Waals surface area contributed by atoms with E-state index in [-0.39, 0.29) is 6.04 Å². The number of nitrogens with zero attached hydrogens (tertiary/aromatic N) is 2. The van der Waals surface area contributed by atoms with Crippen LogP contribution in [0.3, 0.4) is 0 Å². The van der Waals surface area contributed by atoms with Crippen molar-refractivity contribution < 1.29 is 4.74 Å². The molecule has 0 aliphatic carbocycles. The molecule has 98 valence electrons. The van der Waals surface area contributed by atoms with Gasteiger partial charge in [-0.3, -0.25) is 4.68 Å². The van der Waals surface area contributed by atoms with Crippen LogP contribution in [0.5, 0.6) is 0 Å². The van der Waals surface area contributed by atoms with Crippen molar-refractivity contribution in [1.29, 1.82) is 0 Å². The van der Waals surface area contributed by atoms with Crippen LogP contribution in [-0.4, -0.2) is 36.1 Å². The highest BCUT2D eigenvalue weighted by Crippen LogP contribution is 2.22. The fourth-order valence-electron chi connectivity index (χ4n) is 1.95. The standard InChI is InChI=1S/C12H22ClN3O/c1-5-10-12(13)11(16(3)15-10)7-9(8-17-4)14-6-2/h9,14H,5-8H2,1-4H3. The molecule has 1 aromatic rings. The van der Waals surface area contributed by atoms with Crippen molar-refractivity contribution in [2.45, 2.75) is 32.7 Å². The van der Waals surface area contributed by atoms with Crippen LogP contribution in [0.1, 0.15) is 25.2 Å². The number of aromatic nitrogens is 2. The molecule has 0 bridgehead atoms. The molecule has 1 heterocycles. The highest BCUT2D eigenvalue weighted by Gasteiger charge is 2.17. The molecule has 0 radical (unpaired) electrons. The molecular formula is C12H22ClN3O. The number of halogens is 1. The lowest BCUT2D eigenvalue weighted by atomic mass is 10.1. The van der Waals surface area contributed by atoms with Crippen molar-refractivity contribution >= 4 is 11.6 Å². The van der Waals surface area contributed by atoms with Crippen molar-refractivity contribution in [3.05, 3.63) is 16.4 Å². The lowest BCUT2D eigenvalue weighted by molar-refractivity contribution is 0.166. The summed E-state index contributed by atoms with van der Waals surface area (Å²) in [5.41, 5.74) is 2.04. The lowest BCUT2D eigenvalue weighted by Gasteiger charge is -2.17. The van der Waals surface area contributed by atoms with Crippen molar-refractivity contribution in [1.82, 2.24) is 15.1 Å². The molecule has 17 heavy (non-hydrogen) atoms. The third-order valence-corrected chi connectivity index (χ3v) is 3.24. The third-order valence-electron chi connectivity index (χ3n) is 2.80. The molecule has 0 aliphatic rings. The maximum absolute atomic E-state index is 6.32. The fourth-order valence-corrected chi connectivity index (χ4v) is 2.33. The predicted molar refractivity (Wildman–Crippen MR) is 70.6 cm³/mol. The molecule has 5 heteroatoms. The van der Waals surface area contributed by atoms with Gasteiger partial charge in [0.05, 0.1) is 23.0 Å². The van der Waals surface area contributed by atoms with E-state index in [4.69, 9.17) is 16.3 Å². The van der Waals surface area contributed by atoms with Crippen LogP contribution in [0.4, 0.5) is 0 Å². The largest absolute Gasteiger partial charge is 0.383 e. The third kappa shape index (κ3) is 3.69. The van der Waals surface area contributed by atoms with E-state index in [2.05, 4.69) is 24.3 Å². The number of aryl methyl sites for hydroxylation is 2.